The highest BCUT2D eigenvalue weighted by Crippen LogP contribution is 2.27. The van der Waals surface area contributed by atoms with Gasteiger partial charge in [-0.1, -0.05) is 0 Å². The van der Waals surface area contributed by atoms with Crippen molar-refractivity contribution in [2.24, 2.45) is 5.92 Å². The van der Waals surface area contributed by atoms with Crippen LogP contribution in [0.3, 0.4) is 0 Å². The molecule has 2 aromatic heterocycles. The largest absolute Gasteiger partial charge is 0.460 e. The predicted molar refractivity (Wildman–Crippen MR) is 90.6 cm³/mol. The first-order valence-corrected chi connectivity index (χ1v) is 8.46. The van der Waals surface area contributed by atoms with E-state index >= 15 is 0 Å². The van der Waals surface area contributed by atoms with Crippen molar-refractivity contribution in [3.8, 4) is 11.5 Å². The Hall–Kier alpha value is -2.08. The summed E-state index contributed by atoms with van der Waals surface area (Å²) in [6.07, 6.45) is 2.62. The molecule has 0 bridgehead atoms. The number of H-pyrrole nitrogens is 1. The fourth-order valence-electron chi connectivity index (χ4n) is 3.35. The summed E-state index contributed by atoms with van der Waals surface area (Å²) in [7, 11) is 0. The molecule has 0 spiro atoms. The summed E-state index contributed by atoms with van der Waals surface area (Å²) in [6, 6.07) is 5.48. The molecule has 0 unspecified atom stereocenters. The highest BCUT2D eigenvalue weighted by atomic mass is 16.3. The minimum Gasteiger partial charge on any atom is -0.460 e. The van der Waals surface area contributed by atoms with Crippen molar-refractivity contribution in [2.75, 3.05) is 13.1 Å². The zero-order chi connectivity index (χ0) is 17.3. The van der Waals surface area contributed by atoms with E-state index in [-0.39, 0.29) is 5.91 Å². The van der Waals surface area contributed by atoms with E-state index in [1.54, 1.807) is 6.07 Å². The number of aliphatic hydroxyl groups is 1. The minimum absolute atomic E-state index is 0.0533. The van der Waals surface area contributed by atoms with Crippen molar-refractivity contribution >= 4 is 5.91 Å². The lowest BCUT2D eigenvalue weighted by molar-refractivity contribution is 0.0357. The molecule has 6 heteroatoms. The van der Waals surface area contributed by atoms with E-state index < -0.39 is 5.60 Å². The van der Waals surface area contributed by atoms with E-state index in [9.17, 15) is 9.90 Å². The Balaban J connectivity index is 1.61. The number of amides is 1. The summed E-state index contributed by atoms with van der Waals surface area (Å²) in [5.41, 5.74) is 0.484. The second-order valence-electron chi connectivity index (χ2n) is 7.33. The van der Waals surface area contributed by atoms with Crippen molar-refractivity contribution < 1.29 is 14.3 Å². The van der Waals surface area contributed by atoms with Gasteiger partial charge in [0.1, 0.15) is 11.5 Å². The molecule has 0 atom stereocenters. The third-order valence-electron chi connectivity index (χ3n) is 4.49. The third kappa shape index (κ3) is 3.87. The van der Waals surface area contributed by atoms with Crippen LogP contribution in [0.5, 0.6) is 0 Å². The van der Waals surface area contributed by atoms with Crippen molar-refractivity contribution in [3.63, 3.8) is 0 Å². The van der Waals surface area contributed by atoms with Gasteiger partial charge in [-0.15, -0.1) is 0 Å². The van der Waals surface area contributed by atoms with Gasteiger partial charge in [-0.2, -0.15) is 5.10 Å². The van der Waals surface area contributed by atoms with Crippen LogP contribution in [0.4, 0.5) is 0 Å². The van der Waals surface area contributed by atoms with Crippen LogP contribution >= 0.6 is 0 Å². The minimum atomic E-state index is -0.644. The van der Waals surface area contributed by atoms with Crippen molar-refractivity contribution in [3.05, 3.63) is 29.7 Å². The smallest absolute Gasteiger partial charge is 0.274 e. The molecule has 0 saturated carbocycles. The highest BCUT2D eigenvalue weighted by molar-refractivity contribution is 5.93. The lowest BCUT2D eigenvalue weighted by atomic mass is 9.86. The van der Waals surface area contributed by atoms with E-state index in [4.69, 9.17) is 4.42 Å². The molecule has 1 aliphatic heterocycles. The van der Waals surface area contributed by atoms with Gasteiger partial charge in [0, 0.05) is 19.2 Å². The number of hydrogen-bond donors (Lipinski definition) is 2. The van der Waals surface area contributed by atoms with Gasteiger partial charge >= 0.3 is 0 Å². The molecule has 6 nitrogen and oxygen atoms in total. The van der Waals surface area contributed by atoms with Gasteiger partial charge in [0.2, 0.25) is 0 Å². The standard InChI is InChI=1S/C18H25N3O3/c1-12-4-5-16(24-12)14-10-15(20-19-14)17(22)21-8-6-13(7-9-21)11-18(2,3)23/h4-5,10,13,23H,6-9,11H2,1-3H3,(H,19,20). The summed E-state index contributed by atoms with van der Waals surface area (Å²) < 4.78 is 5.55. The molecule has 2 aromatic rings. The number of nitrogens with zero attached hydrogens (tertiary/aromatic N) is 2. The summed E-state index contributed by atoms with van der Waals surface area (Å²) >= 11 is 0. The van der Waals surface area contributed by atoms with E-state index in [1.165, 1.54) is 0 Å². The molecule has 130 valence electrons. The molecule has 1 saturated heterocycles. The van der Waals surface area contributed by atoms with E-state index in [0.717, 1.165) is 25.0 Å². The topological polar surface area (TPSA) is 82.4 Å². The number of aryl methyl sites for hydroxylation is 1. The lowest BCUT2D eigenvalue weighted by Gasteiger charge is -2.34. The number of furan rings is 1. The fraction of sp³-hybridized carbons (Fsp3) is 0.556. The van der Waals surface area contributed by atoms with Gasteiger partial charge in [0.25, 0.3) is 5.91 Å². The quantitative estimate of drug-likeness (QED) is 0.902. The zero-order valence-corrected chi connectivity index (χ0v) is 14.5. The first kappa shape index (κ1) is 16.8. The maximum absolute atomic E-state index is 12.6. The first-order chi connectivity index (χ1) is 11.3. The normalized spacial score (nSPS) is 16.6. The maximum Gasteiger partial charge on any atom is 0.274 e. The van der Waals surface area contributed by atoms with Gasteiger partial charge in [-0.25, -0.2) is 0 Å². The third-order valence-corrected chi connectivity index (χ3v) is 4.49. The monoisotopic (exact) mass is 331 g/mol. The second-order valence-corrected chi connectivity index (χ2v) is 7.33. The Morgan fingerprint density at radius 2 is 2.12 bits per heavy atom. The zero-order valence-electron chi connectivity index (χ0n) is 14.5. The van der Waals surface area contributed by atoms with E-state index in [1.807, 2.05) is 37.8 Å². The summed E-state index contributed by atoms with van der Waals surface area (Å²) in [6.45, 7) is 6.98. The molecule has 3 heterocycles. The number of piperidine rings is 1. The second kappa shape index (κ2) is 6.43. The van der Waals surface area contributed by atoms with Crippen LogP contribution in [-0.4, -0.2) is 44.8 Å². The lowest BCUT2D eigenvalue weighted by Crippen LogP contribution is -2.40. The number of aromatic nitrogens is 2. The van der Waals surface area contributed by atoms with Crippen LogP contribution in [-0.2, 0) is 0 Å². The highest BCUT2D eigenvalue weighted by Gasteiger charge is 2.28. The van der Waals surface area contributed by atoms with Crippen molar-refractivity contribution in [1.29, 1.82) is 0 Å². The molecule has 0 aliphatic carbocycles. The van der Waals surface area contributed by atoms with E-state index in [2.05, 4.69) is 10.2 Å². The molecule has 1 aliphatic rings. The number of rotatable bonds is 4. The van der Waals surface area contributed by atoms with Crippen molar-refractivity contribution in [2.45, 2.75) is 45.6 Å². The van der Waals surface area contributed by atoms with Gasteiger partial charge in [-0.05, 0) is 58.1 Å². The molecule has 24 heavy (non-hydrogen) atoms. The number of nitrogens with one attached hydrogen (secondary N) is 1. The predicted octanol–water partition coefficient (Wildman–Crippen LogP) is 2.99. The SMILES string of the molecule is Cc1ccc(-c2cc(C(=O)N3CCC(CC(C)(C)O)CC3)n[nH]2)o1. The number of hydrogen-bond acceptors (Lipinski definition) is 4. The van der Waals surface area contributed by atoms with Gasteiger partial charge in [-0.3, -0.25) is 9.89 Å². The van der Waals surface area contributed by atoms with Crippen LogP contribution in [0, 0.1) is 12.8 Å². The average molecular weight is 331 g/mol. The number of carbonyl (C=O) groups excluding carboxylic acids is 1. The Labute approximate surface area is 141 Å². The van der Waals surface area contributed by atoms with E-state index in [0.29, 0.717) is 36.2 Å². The molecule has 1 amide bonds. The van der Waals surface area contributed by atoms with Crippen LogP contribution in [0.15, 0.2) is 22.6 Å². The number of likely N-dealkylation sites (tertiary alicyclic amines) is 1. The Morgan fingerprint density at radius 1 is 1.42 bits per heavy atom. The Kier molecular flexibility index (Phi) is 4.49. The molecule has 3 rings (SSSR count). The van der Waals surface area contributed by atoms with Gasteiger partial charge in [0.05, 0.1) is 5.60 Å². The van der Waals surface area contributed by atoms with Crippen LogP contribution in [0.1, 0.15) is 49.4 Å². The van der Waals surface area contributed by atoms with Gasteiger partial charge < -0.3 is 14.4 Å². The molecular formula is C18H25N3O3. The summed E-state index contributed by atoms with van der Waals surface area (Å²) in [4.78, 5) is 14.4. The fourth-order valence-corrected chi connectivity index (χ4v) is 3.35. The number of carbonyl (C=O) groups is 1. The Bertz CT molecular complexity index is 703. The van der Waals surface area contributed by atoms with Crippen LogP contribution in [0.25, 0.3) is 11.5 Å². The van der Waals surface area contributed by atoms with Crippen molar-refractivity contribution in [1.82, 2.24) is 15.1 Å². The van der Waals surface area contributed by atoms with Gasteiger partial charge in [0.15, 0.2) is 11.5 Å². The number of aromatic amines is 1. The van der Waals surface area contributed by atoms with Crippen LogP contribution in [0.2, 0.25) is 0 Å². The molecule has 2 N–H and O–H groups in total. The molecule has 1 fully saturated rings. The average Bonchev–Trinajstić information content (AvgIpc) is 3.14. The molecular weight excluding hydrogens is 306 g/mol. The first-order valence-electron chi connectivity index (χ1n) is 8.46. The summed E-state index contributed by atoms with van der Waals surface area (Å²) in [5.74, 6) is 1.92. The molecule has 0 aromatic carbocycles. The maximum atomic E-state index is 12.6. The van der Waals surface area contributed by atoms with Crippen LogP contribution < -0.4 is 0 Å². The summed E-state index contributed by atoms with van der Waals surface area (Å²) in [5, 5.41) is 16.9. The molecule has 0 radical (unpaired) electrons. The Morgan fingerprint density at radius 3 is 2.71 bits per heavy atom.